The molecule has 0 radical (unpaired) electrons. The van der Waals surface area contributed by atoms with Crippen LogP contribution in [-0.4, -0.2) is 4.92 Å². The molecule has 1 heterocycles. The number of nitro benzene ring substituents is 1. The zero-order valence-electron chi connectivity index (χ0n) is 12.6. The van der Waals surface area contributed by atoms with Gasteiger partial charge in [0, 0.05) is 16.5 Å². The highest BCUT2D eigenvalue weighted by Crippen LogP contribution is 2.54. The van der Waals surface area contributed by atoms with Crippen molar-refractivity contribution in [3.63, 3.8) is 0 Å². The van der Waals surface area contributed by atoms with Gasteiger partial charge in [0.1, 0.15) is 0 Å². The molecule has 122 valence electrons. The molecule has 2 aromatic carbocycles. The predicted molar refractivity (Wildman–Crippen MR) is 98.6 cm³/mol. The van der Waals surface area contributed by atoms with E-state index in [4.69, 9.17) is 11.6 Å². The lowest BCUT2D eigenvalue weighted by atomic mass is 9.76. The number of benzene rings is 2. The fraction of sp³-hybridized carbons (Fsp3) is 0.222. The van der Waals surface area contributed by atoms with Crippen molar-refractivity contribution in [2.24, 2.45) is 5.92 Å². The van der Waals surface area contributed by atoms with Gasteiger partial charge in [0.05, 0.1) is 27.2 Å². The summed E-state index contributed by atoms with van der Waals surface area (Å²) in [6, 6.07) is 11.2. The van der Waals surface area contributed by atoms with Crippen molar-refractivity contribution in [3.05, 3.63) is 79.3 Å². The standard InChI is InChI=1S/C18H14BrClN2O2/c19-13-7-2-1-4-12(13)17-11-6-3-5-10(11)16-15(22(23)24)9-8-14(20)18(16)21-17/h1-5,7-11,17,21H,6H2/t10-,11+,17+/m1/s1. The van der Waals surface area contributed by atoms with Gasteiger partial charge in [-0.3, -0.25) is 10.1 Å². The SMILES string of the molecule is O=[N+]([O-])c1ccc(Cl)c2c1[C@@H]1C=CC[C@@H]1[C@@H](c1ccccc1Br)N2. The summed E-state index contributed by atoms with van der Waals surface area (Å²) in [5.74, 6) is 0.228. The molecule has 0 bridgehead atoms. The van der Waals surface area contributed by atoms with E-state index in [1.165, 1.54) is 6.07 Å². The molecule has 2 aliphatic rings. The normalized spacial score (nSPS) is 24.2. The molecule has 1 aliphatic heterocycles. The molecular formula is C18H14BrClN2O2. The van der Waals surface area contributed by atoms with E-state index in [2.05, 4.69) is 39.5 Å². The number of allylic oxidation sites excluding steroid dienone is 2. The lowest BCUT2D eigenvalue weighted by Gasteiger charge is -2.37. The zero-order valence-corrected chi connectivity index (χ0v) is 14.9. The maximum absolute atomic E-state index is 11.5. The Labute approximate surface area is 152 Å². The molecule has 6 heteroatoms. The van der Waals surface area contributed by atoms with Gasteiger partial charge in [0.2, 0.25) is 0 Å². The summed E-state index contributed by atoms with van der Waals surface area (Å²) < 4.78 is 1.03. The summed E-state index contributed by atoms with van der Waals surface area (Å²) in [7, 11) is 0. The minimum Gasteiger partial charge on any atom is -0.376 e. The van der Waals surface area contributed by atoms with Crippen molar-refractivity contribution < 1.29 is 4.92 Å². The number of nitrogens with one attached hydrogen (secondary N) is 1. The summed E-state index contributed by atoms with van der Waals surface area (Å²) >= 11 is 10.0. The van der Waals surface area contributed by atoms with Crippen LogP contribution in [0.5, 0.6) is 0 Å². The number of fused-ring (bicyclic) bond motifs is 3. The Bertz CT molecular complexity index is 868. The number of hydrogen-bond donors (Lipinski definition) is 1. The molecule has 0 aromatic heterocycles. The molecular weight excluding hydrogens is 392 g/mol. The van der Waals surface area contributed by atoms with E-state index in [1.807, 2.05) is 18.2 Å². The van der Waals surface area contributed by atoms with Crippen molar-refractivity contribution in [1.82, 2.24) is 0 Å². The minimum atomic E-state index is -0.321. The molecule has 1 N–H and O–H groups in total. The molecule has 0 fully saturated rings. The van der Waals surface area contributed by atoms with Crippen molar-refractivity contribution in [2.75, 3.05) is 5.32 Å². The van der Waals surface area contributed by atoms with Crippen LogP contribution in [0.1, 0.15) is 29.5 Å². The topological polar surface area (TPSA) is 55.2 Å². The van der Waals surface area contributed by atoms with Crippen LogP contribution in [-0.2, 0) is 0 Å². The molecule has 0 unspecified atom stereocenters. The zero-order chi connectivity index (χ0) is 16.8. The van der Waals surface area contributed by atoms with Gasteiger partial charge in [-0.15, -0.1) is 0 Å². The van der Waals surface area contributed by atoms with E-state index in [-0.39, 0.29) is 28.5 Å². The second-order valence-electron chi connectivity index (χ2n) is 6.11. The van der Waals surface area contributed by atoms with Crippen LogP contribution in [0.2, 0.25) is 5.02 Å². The Morgan fingerprint density at radius 1 is 1.25 bits per heavy atom. The number of halogens is 2. The van der Waals surface area contributed by atoms with Crippen molar-refractivity contribution in [3.8, 4) is 0 Å². The first-order valence-electron chi connectivity index (χ1n) is 7.72. The third-order valence-electron chi connectivity index (χ3n) is 4.88. The van der Waals surface area contributed by atoms with E-state index in [1.54, 1.807) is 6.07 Å². The number of rotatable bonds is 2. The third-order valence-corrected chi connectivity index (χ3v) is 5.92. The quantitative estimate of drug-likeness (QED) is 0.388. The van der Waals surface area contributed by atoms with Gasteiger partial charge in [-0.05, 0) is 30.0 Å². The van der Waals surface area contributed by atoms with E-state index in [0.717, 1.165) is 16.5 Å². The molecule has 0 saturated heterocycles. The maximum atomic E-state index is 11.5. The van der Waals surface area contributed by atoms with Crippen molar-refractivity contribution >= 4 is 38.9 Å². The molecule has 3 atom stereocenters. The first kappa shape index (κ1) is 15.7. The van der Waals surface area contributed by atoms with Gasteiger partial charge in [-0.1, -0.05) is 57.9 Å². The predicted octanol–water partition coefficient (Wildman–Crippen LogP) is 5.84. The Balaban J connectivity index is 1.90. The maximum Gasteiger partial charge on any atom is 0.275 e. The summed E-state index contributed by atoms with van der Waals surface area (Å²) in [6.45, 7) is 0. The second kappa shape index (κ2) is 5.90. The average molecular weight is 406 g/mol. The van der Waals surface area contributed by atoms with E-state index in [9.17, 15) is 10.1 Å². The van der Waals surface area contributed by atoms with Crippen molar-refractivity contribution in [2.45, 2.75) is 18.4 Å². The van der Waals surface area contributed by atoms with Crippen LogP contribution < -0.4 is 5.32 Å². The fourth-order valence-electron chi connectivity index (χ4n) is 3.85. The van der Waals surface area contributed by atoms with Crippen LogP contribution in [0.15, 0.2) is 53.0 Å². The molecule has 0 saturated carbocycles. The minimum absolute atomic E-state index is 0.00236. The third kappa shape index (κ3) is 2.34. The molecule has 24 heavy (non-hydrogen) atoms. The van der Waals surface area contributed by atoms with Crippen LogP contribution in [0, 0.1) is 16.0 Å². The van der Waals surface area contributed by atoms with Crippen LogP contribution in [0.4, 0.5) is 11.4 Å². The smallest absolute Gasteiger partial charge is 0.275 e. The van der Waals surface area contributed by atoms with E-state index >= 15 is 0 Å². The average Bonchev–Trinajstić information content (AvgIpc) is 3.05. The van der Waals surface area contributed by atoms with Crippen LogP contribution in [0.3, 0.4) is 0 Å². The van der Waals surface area contributed by atoms with Crippen LogP contribution in [0.25, 0.3) is 0 Å². The lowest BCUT2D eigenvalue weighted by Crippen LogP contribution is -2.30. The Hall–Kier alpha value is -1.85. The first-order valence-corrected chi connectivity index (χ1v) is 8.89. The van der Waals surface area contributed by atoms with E-state index < -0.39 is 0 Å². The molecule has 0 spiro atoms. The molecule has 4 rings (SSSR count). The van der Waals surface area contributed by atoms with Gasteiger partial charge < -0.3 is 5.32 Å². The summed E-state index contributed by atoms with van der Waals surface area (Å²) in [4.78, 5) is 11.2. The van der Waals surface area contributed by atoms with Gasteiger partial charge in [-0.25, -0.2) is 0 Å². The number of nitrogens with zero attached hydrogens (tertiary/aromatic N) is 1. The Morgan fingerprint density at radius 2 is 2.04 bits per heavy atom. The van der Waals surface area contributed by atoms with Gasteiger partial charge in [-0.2, -0.15) is 0 Å². The summed E-state index contributed by atoms with van der Waals surface area (Å²) in [5.41, 5.74) is 2.66. The summed E-state index contributed by atoms with van der Waals surface area (Å²) in [5, 5.41) is 15.5. The molecule has 4 nitrogen and oxygen atoms in total. The number of anilines is 1. The van der Waals surface area contributed by atoms with Gasteiger partial charge in [0.15, 0.2) is 0 Å². The van der Waals surface area contributed by atoms with Gasteiger partial charge >= 0.3 is 0 Å². The first-order chi connectivity index (χ1) is 11.6. The highest BCUT2D eigenvalue weighted by atomic mass is 79.9. The number of nitro groups is 1. The molecule has 2 aromatic rings. The van der Waals surface area contributed by atoms with E-state index in [0.29, 0.717) is 16.3 Å². The second-order valence-corrected chi connectivity index (χ2v) is 7.37. The summed E-state index contributed by atoms with van der Waals surface area (Å²) in [6.07, 6.45) is 5.07. The Kier molecular flexibility index (Phi) is 3.85. The Morgan fingerprint density at radius 3 is 2.79 bits per heavy atom. The molecule has 0 amide bonds. The number of hydrogen-bond acceptors (Lipinski definition) is 3. The highest BCUT2D eigenvalue weighted by molar-refractivity contribution is 9.10. The highest BCUT2D eigenvalue weighted by Gasteiger charge is 2.42. The largest absolute Gasteiger partial charge is 0.376 e. The van der Waals surface area contributed by atoms with Crippen LogP contribution >= 0.6 is 27.5 Å². The van der Waals surface area contributed by atoms with Crippen molar-refractivity contribution in [1.29, 1.82) is 0 Å². The van der Waals surface area contributed by atoms with Gasteiger partial charge in [0.25, 0.3) is 5.69 Å². The lowest BCUT2D eigenvalue weighted by molar-refractivity contribution is -0.385. The fourth-order valence-corrected chi connectivity index (χ4v) is 4.60. The molecule has 1 aliphatic carbocycles. The monoisotopic (exact) mass is 404 g/mol.